The number of imide groups is 1. The zero-order valence-corrected chi connectivity index (χ0v) is 15.1. The molecule has 8 nitrogen and oxygen atoms in total. The summed E-state index contributed by atoms with van der Waals surface area (Å²) in [6, 6.07) is 8.87. The van der Waals surface area contributed by atoms with Crippen LogP contribution in [0, 0.1) is 18.8 Å². The molecule has 1 saturated heterocycles. The van der Waals surface area contributed by atoms with Crippen LogP contribution in [-0.2, 0) is 9.59 Å². The number of fused-ring (bicyclic) bond motifs is 2. The number of aryl methyl sites for hydroxylation is 1. The van der Waals surface area contributed by atoms with Gasteiger partial charge in [-0.15, -0.1) is 5.10 Å². The van der Waals surface area contributed by atoms with E-state index in [4.69, 9.17) is 0 Å². The second-order valence-corrected chi connectivity index (χ2v) is 7.20. The Morgan fingerprint density at radius 2 is 1.64 bits per heavy atom. The van der Waals surface area contributed by atoms with Crippen LogP contribution in [0.2, 0.25) is 0 Å². The van der Waals surface area contributed by atoms with E-state index in [2.05, 4.69) is 15.1 Å². The number of H-pyrrole nitrogens is 1. The van der Waals surface area contributed by atoms with Crippen LogP contribution in [0.25, 0.3) is 17.2 Å². The molecule has 0 saturated carbocycles. The van der Waals surface area contributed by atoms with Crippen LogP contribution >= 0.6 is 0 Å². The van der Waals surface area contributed by atoms with E-state index >= 15 is 0 Å². The summed E-state index contributed by atoms with van der Waals surface area (Å²) in [6.07, 6.45) is 4.91. The molecule has 3 heterocycles. The molecule has 28 heavy (non-hydrogen) atoms. The normalized spacial score (nSPS) is 21.5. The third kappa shape index (κ3) is 2.41. The van der Waals surface area contributed by atoms with Crippen molar-refractivity contribution in [2.24, 2.45) is 11.8 Å². The molecule has 1 aromatic carbocycles. The molecule has 0 spiro atoms. The maximum Gasteiger partial charge on any atom is 0.254 e. The Kier molecular flexibility index (Phi) is 3.55. The standard InChI is InChI=1S/C20H17N5O3/c1-11-6-8-12(9-7-11)17-22-20-21-15(26)10-16(25(20)23-17)24-18(27)13-4-2-3-5-14(13)19(24)28/h2-3,6-10,13-14H,4-5H2,1H3,(H,21,22,23,26)/t13-,14+. The zero-order chi connectivity index (χ0) is 19.4. The highest BCUT2D eigenvalue weighted by atomic mass is 16.2. The molecule has 2 atom stereocenters. The number of aromatic amines is 1. The van der Waals surface area contributed by atoms with Gasteiger partial charge < -0.3 is 0 Å². The fourth-order valence-electron chi connectivity index (χ4n) is 3.89. The average Bonchev–Trinajstić information content (AvgIpc) is 3.22. The van der Waals surface area contributed by atoms with Crippen molar-refractivity contribution in [1.82, 2.24) is 19.6 Å². The third-order valence-electron chi connectivity index (χ3n) is 5.37. The second-order valence-electron chi connectivity index (χ2n) is 7.20. The first-order chi connectivity index (χ1) is 13.5. The molecule has 1 aliphatic heterocycles. The quantitative estimate of drug-likeness (QED) is 0.544. The van der Waals surface area contributed by atoms with Crippen molar-refractivity contribution < 1.29 is 9.59 Å². The number of carbonyl (C=O) groups excluding carboxylic acids is 2. The fraction of sp³-hybridized carbons (Fsp3) is 0.250. The summed E-state index contributed by atoms with van der Waals surface area (Å²) in [6.45, 7) is 1.98. The van der Waals surface area contributed by atoms with E-state index < -0.39 is 5.56 Å². The maximum atomic E-state index is 12.9. The number of carbonyl (C=O) groups is 2. The van der Waals surface area contributed by atoms with E-state index in [-0.39, 0.29) is 35.2 Å². The molecule has 2 aliphatic rings. The molecule has 1 fully saturated rings. The molecular formula is C20H17N5O3. The summed E-state index contributed by atoms with van der Waals surface area (Å²) < 4.78 is 1.36. The number of aromatic nitrogens is 4. The smallest absolute Gasteiger partial charge is 0.254 e. The Morgan fingerprint density at radius 3 is 2.29 bits per heavy atom. The lowest BCUT2D eigenvalue weighted by Crippen LogP contribution is -2.34. The number of benzene rings is 1. The van der Waals surface area contributed by atoms with Crippen molar-refractivity contribution >= 4 is 23.4 Å². The van der Waals surface area contributed by atoms with E-state index in [0.29, 0.717) is 18.7 Å². The molecule has 0 radical (unpaired) electrons. The molecule has 2 amide bonds. The highest BCUT2D eigenvalue weighted by molar-refractivity contribution is 6.21. The molecule has 1 aliphatic carbocycles. The van der Waals surface area contributed by atoms with Gasteiger partial charge in [0.25, 0.3) is 5.56 Å². The van der Waals surface area contributed by atoms with Crippen molar-refractivity contribution in [2.45, 2.75) is 19.8 Å². The van der Waals surface area contributed by atoms with Crippen LogP contribution in [-0.4, -0.2) is 31.4 Å². The number of amides is 2. The first-order valence-corrected chi connectivity index (χ1v) is 9.13. The van der Waals surface area contributed by atoms with Crippen LogP contribution in [0.5, 0.6) is 0 Å². The number of hydrogen-bond acceptors (Lipinski definition) is 5. The van der Waals surface area contributed by atoms with Crippen molar-refractivity contribution in [1.29, 1.82) is 0 Å². The molecular weight excluding hydrogens is 358 g/mol. The number of rotatable bonds is 2. The molecule has 1 N–H and O–H groups in total. The van der Waals surface area contributed by atoms with Crippen molar-refractivity contribution in [3.05, 3.63) is 58.4 Å². The predicted octanol–water partition coefficient (Wildman–Crippen LogP) is 1.85. The number of anilines is 1. The third-order valence-corrected chi connectivity index (χ3v) is 5.37. The van der Waals surface area contributed by atoms with E-state index in [1.54, 1.807) is 0 Å². The molecule has 5 rings (SSSR count). The van der Waals surface area contributed by atoms with E-state index in [0.717, 1.165) is 16.0 Å². The number of allylic oxidation sites excluding steroid dienone is 2. The van der Waals surface area contributed by atoms with Gasteiger partial charge in [-0.1, -0.05) is 42.0 Å². The Labute approximate surface area is 159 Å². The van der Waals surface area contributed by atoms with Gasteiger partial charge in [0, 0.05) is 11.6 Å². The minimum absolute atomic E-state index is 0.133. The Hall–Kier alpha value is -3.55. The lowest BCUT2D eigenvalue weighted by Gasteiger charge is -2.14. The van der Waals surface area contributed by atoms with Crippen LogP contribution < -0.4 is 10.5 Å². The summed E-state index contributed by atoms with van der Waals surface area (Å²) in [4.78, 5) is 46.1. The lowest BCUT2D eigenvalue weighted by molar-refractivity contribution is -0.122. The van der Waals surface area contributed by atoms with Gasteiger partial charge in [-0.2, -0.15) is 9.50 Å². The SMILES string of the molecule is Cc1ccc(-c2nc3[nH]c(=O)cc(N4C(=O)[C@H]5CC=CC[C@H]5C4=O)n3n2)cc1. The molecule has 8 heteroatoms. The minimum Gasteiger partial charge on any atom is -0.291 e. The van der Waals surface area contributed by atoms with Crippen molar-refractivity contribution in [3.8, 4) is 11.4 Å². The predicted molar refractivity (Wildman–Crippen MR) is 102 cm³/mol. The van der Waals surface area contributed by atoms with Gasteiger partial charge in [-0.05, 0) is 19.8 Å². The average molecular weight is 375 g/mol. The summed E-state index contributed by atoms with van der Waals surface area (Å²) in [7, 11) is 0. The second kappa shape index (κ2) is 5.98. The summed E-state index contributed by atoms with van der Waals surface area (Å²) in [5.74, 6) is -0.627. The Balaban J connectivity index is 1.65. The Bertz CT molecular complexity index is 1180. The van der Waals surface area contributed by atoms with Gasteiger partial charge in [0.05, 0.1) is 11.8 Å². The van der Waals surface area contributed by atoms with Gasteiger partial charge in [-0.25, -0.2) is 4.90 Å². The number of nitrogens with zero attached hydrogens (tertiary/aromatic N) is 4. The topological polar surface area (TPSA) is 100 Å². The maximum absolute atomic E-state index is 12.9. The van der Waals surface area contributed by atoms with Crippen LogP contribution in [0.4, 0.5) is 5.82 Å². The highest BCUT2D eigenvalue weighted by Crippen LogP contribution is 2.37. The van der Waals surface area contributed by atoms with Gasteiger partial charge in [-0.3, -0.25) is 19.4 Å². The molecule has 3 aromatic rings. The van der Waals surface area contributed by atoms with Gasteiger partial charge in [0.1, 0.15) is 0 Å². The minimum atomic E-state index is -0.445. The molecule has 0 unspecified atom stereocenters. The van der Waals surface area contributed by atoms with E-state index in [9.17, 15) is 14.4 Å². The lowest BCUT2D eigenvalue weighted by atomic mass is 9.85. The van der Waals surface area contributed by atoms with Gasteiger partial charge in [0.2, 0.25) is 17.6 Å². The van der Waals surface area contributed by atoms with Crippen molar-refractivity contribution in [2.75, 3.05) is 4.90 Å². The van der Waals surface area contributed by atoms with Gasteiger partial charge >= 0.3 is 0 Å². The Morgan fingerprint density at radius 1 is 1.00 bits per heavy atom. The van der Waals surface area contributed by atoms with Gasteiger partial charge in [0.15, 0.2) is 11.6 Å². The van der Waals surface area contributed by atoms with Crippen LogP contribution in [0.15, 0.2) is 47.3 Å². The van der Waals surface area contributed by atoms with Crippen LogP contribution in [0.1, 0.15) is 18.4 Å². The highest BCUT2D eigenvalue weighted by Gasteiger charge is 2.48. The monoisotopic (exact) mass is 375 g/mol. The van der Waals surface area contributed by atoms with E-state index in [1.807, 2.05) is 43.3 Å². The summed E-state index contributed by atoms with van der Waals surface area (Å²) >= 11 is 0. The van der Waals surface area contributed by atoms with Crippen molar-refractivity contribution in [3.63, 3.8) is 0 Å². The van der Waals surface area contributed by atoms with E-state index in [1.165, 1.54) is 10.6 Å². The first kappa shape index (κ1) is 16.6. The molecule has 140 valence electrons. The number of nitrogens with one attached hydrogen (secondary N) is 1. The first-order valence-electron chi connectivity index (χ1n) is 9.13. The molecule has 2 aromatic heterocycles. The van der Waals surface area contributed by atoms with Crippen LogP contribution in [0.3, 0.4) is 0 Å². The number of hydrogen-bond donors (Lipinski definition) is 1. The largest absolute Gasteiger partial charge is 0.291 e. The summed E-state index contributed by atoms with van der Waals surface area (Å²) in [5, 5.41) is 4.46. The summed E-state index contributed by atoms with van der Waals surface area (Å²) in [5.41, 5.74) is 1.43. The zero-order valence-electron chi connectivity index (χ0n) is 15.1. The molecule has 0 bridgehead atoms. The fourth-order valence-corrected chi connectivity index (χ4v) is 3.89.